The molecule has 378 valence electrons. The first-order chi connectivity index (χ1) is 34.7. The highest BCUT2D eigenvalue weighted by atomic mass is 35.5. The van der Waals surface area contributed by atoms with Gasteiger partial charge >= 0.3 is 0 Å². The van der Waals surface area contributed by atoms with Gasteiger partial charge in [-0.2, -0.15) is 9.29 Å². The molecule has 9 rings (SSSR count). The van der Waals surface area contributed by atoms with Crippen molar-refractivity contribution in [2.75, 3.05) is 103 Å². The molecule has 0 bridgehead atoms. The van der Waals surface area contributed by atoms with Crippen LogP contribution in [0, 0.1) is 5.82 Å². The molecule has 3 aliphatic rings. The first-order valence-corrected chi connectivity index (χ1v) is 27.0. The van der Waals surface area contributed by atoms with Crippen LogP contribution in [-0.2, 0) is 29.6 Å². The number of carbonyl (C=O) groups excluding carboxylic acids is 2. The fourth-order valence-electron chi connectivity index (χ4n) is 8.20. The second kappa shape index (κ2) is 21.9. The van der Waals surface area contributed by atoms with Crippen molar-refractivity contribution in [2.45, 2.75) is 37.1 Å². The molecule has 0 unspecified atom stereocenters. The zero-order valence-electron chi connectivity index (χ0n) is 39.3. The standard InChI is InChI=1S/C48H53ClFN13O7S2/c1-2-71(66,67)63-23-21-60(22-24-63)37-10-8-36(9-11-37)56-48-54-30-39(46(58-48)55-35-6-7-35)47(65)51-16-26-70-25-15-44(64)62-19-17-61(18-20-62)43-31-52-40-14-3-32(27-41(40)57-43)33-28-42(45(49)53-29-33)59-72(68,69)38-12-4-34(50)5-13-38/h3-5,8-14,27-31,35,59H,2,6-7,15-26H2,1H3,(H,51,65)(H2,54,55,56,58). The molecule has 3 aromatic carbocycles. The Balaban J connectivity index is 0.711. The Morgan fingerprint density at radius 1 is 0.778 bits per heavy atom. The molecule has 72 heavy (non-hydrogen) atoms. The van der Waals surface area contributed by atoms with E-state index in [2.05, 4.69) is 50.4 Å². The topological polar surface area (TPSA) is 237 Å². The number of hydrogen-bond donors (Lipinski definition) is 4. The summed E-state index contributed by atoms with van der Waals surface area (Å²) >= 11 is 6.28. The summed E-state index contributed by atoms with van der Waals surface area (Å²) in [5.41, 5.74) is 4.64. The van der Waals surface area contributed by atoms with Gasteiger partial charge in [-0.3, -0.25) is 19.3 Å². The summed E-state index contributed by atoms with van der Waals surface area (Å²) in [4.78, 5) is 55.0. The normalized spacial score (nSPS) is 15.6. The highest BCUT2D eigenvalue weighted by Gasteiger charge is 2.28. The van der Waals surface area contributed by atoms with Gasteiger partial charge in [0.1, 0.15) is 23.0 Å². The van der Waals surface area contributed by atoms with Crippen LogP contribution in [0.2, 0.25) is 5.15 Å². The Labute approximate surface area is 421 Å². The SMILES string of the molecule is CCS(=O)(=O)N1CCN(c2ccc(Nc3ncc(C(=O)NCCOCCC(=O)N4CCN(c5cnc6ccc(-c7cnc(Cl)c(NS(=O)(=O)c8ccc(F)cc8)c7)cc6n5)CC4)c(NC4CC4)n3)cc2)CC1. The number of nitrogens with one attached hydrogen (secondary N) is 4. The Kier molecular flexibility index (Phi) is 15.3. The fourth-order valence-corrected chi connectivity index (χ4v) is 10.5. The monoisotopic (exact) mass is 1040 g/mol. The minimum absolute atomic E-state index is 0.0400. The largest absolute Gasteiger partial charge is 0.379 e. The van der Waals surface area contributed by atoms with Crippen LogP contribution in [-0.4, -0.2) is 147 Å². The Morgan fingerprint density at radius 2 is 1.51 bits per heavy atom. The van der Waals surface area contributed by atoms with Crippen LogP contribution in [0.4, 0.5) is 39.0 Å². The summed E-state index contributed by atoms with van der Waals surface area (Å²) < 4.78 is 73.6. The average molecular weight is 1040 g/mol. The molecule has 3 aromatic heterocycles. The van der Waals surface area contributed by atoms with Crippen LogP contribution in [0.5, 0.6) is 0 Å². The van der Waals surface area contributed by atoms with E-state index in [1.54, 1.807) is 28.4 Å². The average Bonchev–Trinajstić information content (AvgIpc) is 4.22. The number of anilines is 6. The summed E-state index contributed by atoms with van der Waals surface area (Å²) in [5.74, 6) is 0.547. The van der Waals surface area contributed by atoms with Crippen LogP contribution in [0.15, 0.2) is 96.3 Å². The smallest absolute Gasteiger partial charge is 0.261 e. The van der Waals surface area contributed by atoms with Crippen LogP contribution in [0.1, 0.15) is 36.5 Å². The van der Waals surface area contributed by atoms with Crippen molar-refractivity contribution in [3.05, 3.63) is 108 Å². The molecule has 0 spiro atoms. The summed E-state index contributed by atoms with van der Waals surface area (Å²) in [6.07, 6.45) is 6.85. The van der Waals surface area contributed by atoms with E-state index in [9.17, 15) is 30.8 Å². The van der Waals surface area contributed by atoms with E-state index in [1.165, 1.54) is 12.4 Å². The molecule has 1 aliphatic carbocycles. The molecule has 1 saturated carbocycles. The molecule has 4 N–H and O–H groups in total. The highest BCUT2D eigenvalue weighted by molar-refractivity contribution is 7.92. The van der Waals surface area contributed by atoms with Crippen LogP contribution < -0.4 is 30.5 Å². The minimum atomic E-state index is -4.08. The summed E-state index contributed by atoms with van der Waals surface area (Å²) in [6.45, 7) is 6.44. The number of nitrogens with zero attached hydrogens (tertiary/aromatic N) is 9. The number of pyridine rings is 1. The van der Waals surface area contributed by atoms with Gasteiger partial charge in [0.15, 0.2) is 5.15 Å². The maximum atomic E-state index is 13.4. The number of carbonyl (C=O) groups is 2. The third-order valence-electron chi connectivity index (χ3n) is 12.5. The summed E-state index contributed by atoms with van der Waals surface area (Å²) in [7, 11) is -7.28. The number of hydrogen-bond acceptors (Lipinski definition) is 16. The lowest BCUT2D eigenvalue weighted by Gasteiger charge is -2.35. The predicted octanol–water partition coefficient (Wildman–Crippen LogP) is 5.35. The van der Waals surface area contributed by atoms with E-state index in [4.69, 9.17) is 21.3 Å². The van der Waals surface area contributed by atoms with Gasteiger partial charge < -0.3 is 35.4 Å². The van der Waals surface area contributed by atoms with Crippen LogP contribution in [0.25, 0.3) is 22.2 Å². The van der Waals surface area contributed by atoms with Crippen molar-refractivity contribution in [2.24, 2.45) is 0 Å². The number of halogens is 2. The molecule has 0 atom stereocenters. The molecular formula is C48H53ClFN13O7S2. The van der Waals surface area contributed by atoms with Crippen molar-refractivity contribution in [3.8, 4) is 11.1 Å². The molecule has 6 aromatic rings. The van der Waals surface area contributed by atoms with E-state index in [1.807, 2.05) is 42.5 Å². The molecule has 20 nitrogen and oxygen atoms in total. The van der Waals surface area contributed by atoms with Gasteiger partial charge in [-0.1, -0.05) is 17.7 Å². The highest BCUT2D eigenvalue weighted by Crippen LogP contribution is 2.31. The van der Waals surface area contributed by atoms with Crippen LogP contribution >= 0.6 is 11.6 Å². The number of rotatable bonds is 19. The number of aromatic nitrogens is 5. The number of fused-ring (bicyclic) bond motifs is 1. The Hall–Kier alpha value is -6.79. The number of sulfonamides is 2. The maximum Gasteiger partial charge on any atom is 0.261 e. The van der Waals surface area contributed by atoms with Crippen LogP contribution in [0.3, 0.4) is 0 Å². The van der Waals surface area contributed by atoms with Gasteiger partial charge in [-0.05, 0) is 92.1 Å². The molecule has 2 aliphatic heterocycles. The number of piperazine rings is 2. The van der Waals surface area contributed by atoms with Gasteiger partial charge in [-0.25, -0.2) is 36.2 Å². The van der Waals surface area contributed by atoms with Gasteiger partial charge in [0, 0.05) is 94.3 Å². The van der Waals surface area contributed by atoms with Gasteiger partial charge in [0.05, 0.1) is 53.2 Å². The van der Waals surface area contributed by atoms with Crippen molar-refractivity contribution in [3.63, 3.8) is 0 Å². The van der Waals surface area contributed by atoms with Gasteiger partial charge in [-0.15, -0.1) is 0 Å². The number of amides is 2. The molecule has 2 saturated heterocycles. The zero-order chi connectivity index (χ0) is 50.4. The van der Waals surface area contributed by atoms with E-state index < -0.39 is 25.9 Å². The lowest BCUT2D eigenvalue weighted by Crippen LogP contribution is -2.49. The quantitative estimate of drug-likeness (QED) is 0.0591. The Bertz CT molecular complexity index is 3160. The molecule has 24 heteroatoms. The molecule has 3 fully saturated rings. The van der Waals surface area contributed by atoms with E-state index in [-0.39, 0.29) is 65.5 Å². The van der Waals surface area contributed by atoms with Crippen molar-refractivity contribution in [1.29, 1.82) is 0 Å². The first-order valence-electron chi connectivity index (χ1n) is 23.5. The lowest BCUT2D eigenvalue weighted by atomic mass is 10.1. The third kappa shape index (κ3) is 12.3. The van der Waals surface area contributed by atoms with Gasteiger partial charge in [0.2, 0.25) is 21.9 Å². The van der Waals surface area contributed by atoms with Crippen molar-refractivity contribution >= 4 is 89.1 Å². The van der Waals surface area contributed by atoms with E-state index in [0.717, 1.165) is 48.5 Å². The first kappa shape index (κ1) is 50.2. The third-order valence-corrected chi connectivity index (χ3v) is 16.0. The molecule has 5 heterocycles. The van der Waals surface area contributed by atoms with Crippen molar-refractivity contribution in [1.82, 2.24) is 39.4 Å². The van der Waals surface area contributed by atoms with E-state index in [0.29, 0.717) is 97.7 Å². The lowest BCUT2D eigenvalue weighted by molar-refractivity contribution is -0.132. The van der Waals surface area contributed by atoms with Crippen molar-refractivity contribution < 1.29 is 35.6 Å². The maximum absolute atomic E-state index is 13.4. The second-order valence-electron chi connectivity index (χ2n) is 17.4. The molecular weight excluding hydrogens is 989 g/mol. The fraction of sp³-hybridized carbons (Fsp3) is 0.354. The summed E-state index contributed by atoms with van der Waals surface area (Å²) in [6, 6.07) is 19.4. The second-order valence-corrected chi connectivity index (χ2v) is 21.7. The van der Waals surface area contributed by atoms with Gasteiger partial charge in [0.25, 0.3) is 15.9 Å². The minimum Gasteiger partial charge on any atom is -0.379 e. The zero-order valence-corrected chi connectivity index (χ0v) is 41.7. The predicted molar refractivity (Wildman–Crippen MR) is 273 cm³/mol. The summed E-state index contributed by atoms with van der Waals surface area (Å²) in [5, 5.41) is 9.37. The number of benzene rings is 3. The molecule has 0 radical (unpaired) electrons. The Morgan fingerprint density at radius 3 is 2.24 bits per heavy atom. The molecule has 2 amide bonds. The number of ether oxygens (including phenoxy) is 1. The van der Waals surface area contributed by atoms with E-state index >= 15 is 0 Å².